The number of carbonyl (C=O) groups is 1. The SMILES string of the molecule is CC(N)c1cc(Br)ccc1OCC(=O)N1CCOCC1. The number of rotatable bonds is 4. The Bertz CT molecular complexity index is 473. The first-order valence-corrected chi connectivity index (χ1v) is 7.40. The third kappa shape index (κ3) is 3.94. The molecule has 0 spiro atoms. The van der Waals surface area contributed by atoms with Gasteiger partial charge in [0.1, 0.15) is 5.75 Å². The lowest BCUT2D eigenvalue weighted by Gasteiger charge is -2.27. The summed E-state index contributed by atoms with van der Waals surface area (Å²) >= 11 is 3.41. The molecular weight excluding hydrogens is 324 g/mol. The third-order valence-electron chi connectivity index (χ3n) is 3.18. The van der Waals surface area contributed by atoms with Crippen molar-refractivity contribution in [3.05, 3.63) is 28.2 Å². The van der Waals surface area contributed by atoms with Crippen molar-refractivity contribution in [2.24, 2.45) is 5.73 Å². The molecule has 20 heavy (non-hydrogen) atoms. The molecular formula is C14H19BrN2O3. The van der Waals surface area contributed by atoms with E-state index in [1.165, 1.54) is 0 Å². The molecule has 1 aliphatic rings. The molecule has 0 radical (unpaired) electrons. The Kier molecular flexibility index (Phi) is 5.39. The van der Waals surface area contributed by atoms with E-state index in [0.717, 1.165) is 10.0 Å². The first-order valence-electron chi connectivity index (χ1n) is 6.61. The highest BCUT2D eigenvalue weighted by Crippen LogP contribution is 2.27. The van der Waals surface area contributed by atoms with Gasteiger partial charge < -0.3 is 20.1 Å². The molecule has 1 fully saturated rings. The summed E-state index contributed by atoms with van der Waals surface area (Å²) in [6, 6.07) is 5.47. The van der Waals surface area contributed by atoms with E-state index in [0.29, 0.717) is 32.1 Å². The van der Waals surface area contributed by atoms with Gasteiger partial charge in [0.15, 0.2) is 6.61 Å². The molecule has 0 bridgehead atoms. The second-order valence-corrected chi connectivity index (χ2v) is 5.67. The first-order chi connectivity index (χ1) is 9.58. The van der Waals surface area contributed by atoms with Crippen LogP contribution >= 0.6 is 15.9 Å². The van der Waals surface area contributed by atoms with Gasteiger partial charge in [-0.25, -0.2) is 0 Å². The molecule has 1 atom stereocenters. The van der Waals surface area contributed by atoms with Crippen LogP contribution in [0.1, 0.15) is 18.5 Å². The van der Waals surface area contributed by atoms with E-state index in [4.69, 9.17) is 15.2 Å². The Hall–Kier alpha value is -1.11. The number of amides is 1. The maximum absolute atomic E-state index is 12.0. The Balaban J connectivity index is 1.98. The predicted molar refractivity (Wildman–Crippen MR) is 79.6 cm³/mol. The number of halogens is 1. The van der Waals surface area contributed by atoms with Crippen molar-refractivity contribution in [1.82, 2.24) is 4.90 Å². The number of hydrogen-bond acceptors (Lipinski definition) is 4. The molecule has 1 amide bonds. The molecule has 1 aliphatic heterocycles. The van der Waals surface area contributed by atoms with Gasteiger partial charge in [0, 0.05) is 29.2 Å². The van der Waals surface area contributed by atoms with Crippen molar-refractivity contribution in [3.63, 3.8) is 0 Å². The quantitative estimate of drug-likeness (QED) is 0.904. The lowest BCUT2D eigenvalue weighted by Crippen LogP contribution is -2.43. The number of nitrogens with two attached hydrogens (primary N) is 1. The molecule has 0 aliphatic carbocycles. The topological polar surface area (TPSA) is 64.8 Å². The lowest BCUT2D eigenvalue weighted by atomic mass is 10.1. The summed E-state index contributed by atoms with van der Waals surface area (Å²) in [5, 5.41) is 0. The van der Waals surface area contributed by atoms with E-state index in [1.54, 1.807) is 4.90 Å². The zero-order chi connectivity index (χ0) is 14.5. The fraction of sp³-hybridized carbons (Fsp3) is 0.500. The molecule has 0 saturated carbocycles. The maximum Gasteiger partial charge on any atom is 0.260 e. The molecule has 1 unspecified atom stereocenters. The zero-order valence-corrected chi connectivity index (χ0v) is 13.1. The maximum atomic E-state index is 12.0. The highest BCUT2D eigenvalue weighted by molar-refractivity contribution is 9.10. The fourth-order valence-electron chi connectivity index (χ4n) is 2.05. The number of hydrogen-bond donors (Lipinski definition) is 1. The lowest BCUT2D eigenvalue weighted by molar-refractivity contribution is -0.137. The second-order valence-electron chi connectivity index (χ2n) is 4.75. The smallest absolute Gasteiger partial charge is 0.260 e. The van der Waals surface area contributed by atoms with Crippen molar-refractivity contribution in [2.45, 2.75) is 13.0 Å². The minimum Gasteiger partial charge on any atom is -0.483 e. The fourth-order valence-corrected chi connectivity index (χ4v) is 2.43. The van der Waals surface area contributed by atoms with E-state index in [2.05, 4.69) is 15.9 Å². The number of ether oxygens (including phenoxy) is 2. The Morgan fingerprint density at radius 1 is 1.50 bits per heavy atom. The summed E-state index contributed by atoms with van der Waals surface area (Å²) in [5.74, 6) is 0.636. The summed E-state index contributed by atoms with van der Waals surface area (Å²) in [4.78, 5) is 13.8. The number of carbonyl (C=O) groups excluding carboxylic acids is 1. The molecule has 1 aromatic carbocycles. The van der Waals surface area contributed by atoms with E-state index in [1.807, 2.05) is 25.1 Å². The summed E-state index contributed by atoms with van der Waals surface area (Å²) in [5.41, 5.74) is 6.80. The largest absolute Gasteiger partial charge is 0.483 e. The first kappa shape index (κ1) is 15.3. The van der Waals surface area contributed by atoms with Gasteiger partial charge in [0.05, 0.1) is 13.2 Å². The van der Waals surface area contributed by atoms with Crippen LogP contribution in [0.25, 0.3) is 0 Å². The van der Waals surface area contributed by atoms with Crippen LogP contribution in [0.5, 0.6) is 5.75 Å². The van der Waals surface area contributed by atoms with E-state index < -0.39 is 0 Å². The van der Waals surface area contributed by atoms with Crippen LogP contribution in [-0.4, -0.2) is 43.7 Å². The zero-order valence-electron chi connectivity index (χ0n) is 11.5. The normalized spacial score (nSPS) is 16.9. The van der Waals surface area contributed by atoms with Crippen LogP contribution in [-0.2, 0) is 9.53 Å². The van der Waals surface area contributed by atoms with Crippen LogP contribution < -0.4 is 10.5 Å². The predicted octanol–water partition coefficient (Wildman–Crippen LogP) is 1.71. The van der Waals surface area contributed by atoms with Crippen molar-refractivity contribution in [3.8, 4) is 5.75 Å². The van der Waals surface area contributed by atoms with Gasteiger partial charge in [0.25, 0.3) is 5.91 Å². The molecule has 1 saturated heterocycles. The molecule has 2 rings (SSSR count). The van der Waals surface area contributed by atoms with Crippen LogP contribution in [0.2, 0.25) is 0 Å². The van der Waals surface area contributed by atoms with E-state index in [-0.39, 0.29) is 18.6 Å². The average molecular weight is 343 g/mol. The number of nitrogens with zero attached hydrogens (tertiary/aromatic N) is 1. The standard InChI is InChI=1S/C14H19BrN2O3/c1-10(16)12-8-11(15)2-3-13(12)20-9-14(18)17-4-6-19-7-5-17/h2-3,8,10H,4-7,9,16H2,1H3. The molecule has 1 heterocycles. The van der Waals surface area contributed by atoms with Gasteiger partial charge in [-0.15, -0.1) is 0 Å². The van der Waals surface area contributed by atoms with Crippen LogP contribution in [0.3, 0.4) is 0 Å². The molecule has 6 heteroatoms. The molecule has 1 aromatic rings. The third-order valence-corrected chi connectivity index (χ3v) is 3.67. The van der Waals surface area contributed by atoms with Crippen molar-refractivity contribution in [1.29, 1.82) is 0 Å². The van der Waals surface area contributed by atoms with Gasteiger partial charge in [-0.3, -0.25) is 4.79 Å². The summed E-state index contributed by atoms with van der Waals surface area (Å²) in [6.45, 7) is 4.36. The van der Waals surface area contributed by atoms with Gasteiger partial charge in [-0.1, -0.05) is 15.9 Å². The van der Waals surface area contributed by atoms with Crippen LogP contribution in [0.4, 0.5) is 0 Å². The van der Waals surface area contributed by atoms with E-state index >= 15 is 0 Å². The van der Waals surface area contributed by atoms with Gasteiger partial charge in [-0.2, -0.15) is 0 Å². The molecule has 5 nitrogen and oxygen atoms in total. The molecule has 110 valence electrons. The number of benzene rings is 1. The Morgan fingerprint density at radius 3 is 2.85 bits per heavy atom. The average Bonchev–Trinajstić information content (AvgIpc) is 2.46. The molecule has 0 aromatic heterocycles. The van der Waals surface area contributed by atoms with Gasteiger partial charge in [-0.05, 0) is 25.1 Å². The minimum atomic E-state index is -0.152. The summed E-state index contributed by atoms with van der Waals surface area (Å²) in [7, 11) is 0. The minimum absolute atomic E-state index is 0.0214. The highest BCUT2D eigenvalue weighted by Gasteiger charge is 2.18. The van der Waals surface area contributed by atoms with E-state index in [9.17, 15) is 4.79 Å². The van der Waals surface area contributed by atoms with Crippen LogP contribution in [0.15, 0.2) is 22.7 Å². The highest BCUT2D eigenvalue weighted by atomic mass is 79.9. The van der Waals surface area contributed by atoms with Crippen LogP contribution in [0, 0.1) is 0 Å². The summed E-state index contributed by atoms with van der Waals surface area (Å²) in [6.07, 6.45) is 0. The second kappa shape index (κ2) is 7.06. The molecule has 2 N–H and O–H groups in total. The van der Waals surface area contributed by atoms with Gasteiger partial charge >= 0.3 is 0 Å². The Morgan fingerprint density at radius 2 is 2.20 bits per heavy atom. The Labute approximate surface area is 127 Å². The van der Waals surface area contributed by atoms with Crippen molar-refractivity contribution in [2.75, 3.05) is 32.9 Å². The summed E-state index contributed by atoms with van der Waals surface area (Å²) < 4.78 is 11.8. The number of morpholine rings is 1. The monoisotopic (exact) mass is 342 g/mol. The van der Waals surface area contributed by atoms with Crippen molar-refractivity contribution < 1.29 is 14.3 Å². The van der Waals surface area contributed by atoms with Gasteiger partial charge in [0.2, 0.25) is 0 Å². The van der Waals surface area contributed by atoms with Crippen molar-refractivity contribution >= 4 is 21.8 Å².